The smallest absolute Gasteiger partial charge is 0.243 e. The molecular weight excluding hydrogens is 447 g/mol. The van der Waals surface area contributed by atoms with E-state index in [1.807, 2.05) is 6.07 Å². The molecule has 1 aromatic heterocycles. The SMILES string of the molecule is COc1ccc2c(CC(=O)N3CCN(S(=O)(=O)c4ccc(F)c(Cl)c4)CC3)coc2c1. The summed E-state index contributed by atoms with van der Waals surface area (Å²) in [6.07, 6.45) is 1.71. The fraction of sp³-hybridized carbons (Fsp3) is 0.286. The van der Waals surface area contributed by atoms with Gasteiger partial charge in [-0.25, -0.2) is 12.8 Å². The average Bonchev–Trinajstić information content (AvgIpc) is 3.17. The Morgan fingerprint density at radius 3 is 2.58 bits per heavy atom. The third kappa shape index (κ3) is 4.26. The number of furan rings is 1. The van der Waals surface area contributed by atoms with E-state index in [9.17, 15) is 17.6 Å². The van der Waals surface area contributed by atoms with E-state index in [-0.39, 0.29) is 48.4 Å². The number of halogens is 2. The van der Waals surface area contributed by atoms with Gasteiger partial charge in [0.15, 0.2) is 0 Å². The number of rotatable bonds is 5. The van der Waals surface area contributed by atoms with Gasteiger partial charge in [0, 0.05) is 43.2 Å². The lowest BCUT2D eigenvalue weighted by atomic mass is 10.1. The van der Waals surface area contributed by atoms with Gasteiger partial charge in [0.05, 0.1) is 29.7 Å². The Hall–Kier alpha value is -2.62. The van der Waals surface area contributed by atoms with Crippen molar-refractivity contribution in [3.05, 3.63) is 59.1 Å². The number of carbonyl (C=O) groups is 1. The van der Waals surface area contributed by atoms with Crippen molar-refractivity contribution in [1.82, 2.24) is 9.21 Å². The number of ether oxygens (including phenoxy) is 1. The first-order valence-electron chi connectivity index (χ1n) is 9.56. The number of piperazine rings is 1. The second kappa shape index (κ2) is 8.49. The maximum Gasteiger partial charge on any atom is 0.243 e. The quantitative estimate of drug-likeness (QED) is 0.576. The second-order valence-electron chi connectivity index (χ2n) is 7.16. The summed E-state index contributed by atoms with van der Waals surface area (Å²) in [5.41, 5.74) is 1.40. The minimum atomic E-state index is -3.82. The Bertz CT molecular complexity index is 1240. The third-order valence-corrected chi connectivity index (χ3v) is 7.51. The van der Waals surface area contributed by atoms with E-state index in [2.05, 4.69) is 0 Å². The zero-order valence-corrected chi connectivity index (χ0v) is 18.2. The summed E-state index contributed by atoms with van der Waals surface area (Å²) in [6, 6.07) is 8.72. The molecule has 1 fully saturated rings. The van der Waals surface area contributed by atoms with Crippen LogP contribution in [0.1, 0.15) is 5.56 Å². The standard InChI is InChI=1S/C21H20ClFN2O5S/c1-29-15-2-4-17-14(13-30-20(17)11-15)10-21(26)24-6-8-25(9-7-24)31(27,28)16-3-5-19(23)18(22)12-16/h2-5,11-13H,6-10H2,1H3. The van der Waals surface area contributed by atoms with Crippen molar-refractivity contribution in [2.75, 3.05) is 33.3 Å². The summed E-state index contributed by atoms with van der Waals surface area (Å²) < 4.78 is 50.9. The summed E-state index contributed by atoms with van der Waals surface area (Å²) in [5.74, 6) is -0.124. The molecule has 0 saturated carbocycles. The van der Waals surface area contributed by atoms with Gasteiger partial charge in [0.2, 0.25) is 15.9 Å². The molecule has 1 amide bonds. The lowest BCUT2D eigenvalue weighted by Crippen LogP contribution is -2.50. The van der Waals surface area contributed by atoms with Gasteiger partial charge < -0.3 is 14.1 Å². The summed E-state index contributed by atoms with van der Waals surface area (Å²) in [7, 11) is -2.25. The zero-order valence-electron chi connectivity index (χ0n) is 16.7. The fourth-order valence-electron chi connectivity index (χ4n) is 3.57. The molecule has 1 saturated heterocycles. The molecule has 0 atom stereocenters. The number of sulfonamides is 1. The van der Waals surface area contributed by atoms with Crippen molar-refractivity contribution in [3.8, 4) is 5.75 Å². The monoisotopic (exact) mass is 466 g/mol. The fourth-order valence-corrected chi connectivity index (χ4v) is 5.26. The molecule has 0 bridgehead atoms. The maximum absolute atomic E-state index is 13.4. The Morgan fingerprint density at radius 1 is 1.16 bits per heavy atom. The Labute approximate surface area is 184 Å². The molecule has 31 heavy (non-hydrogen) atoms. The lowest BCUT2D eigenvalue weighted by molar-refractivity contribution is -0.131. The van der Waals surface area contributed by atoms with E-state index < -0.39 is 15.8 Å². The first kappa shape index (κ1) is 21.6. The van der Waals surface area contributed by atoms with E-state index in [4.69, 9.17) is 20.8 Å². The number of carbonyl (C=O) groups excluding carboxylic acids is 1. The molecule has 0 aliphatic carbocycles. The van der Waals surface area contributed by atoms with Crippen molar-refractivity contribution >= 4 is 38.5 Å². The average molecular weight is 467 g/mol. The highest BCUT2D eigenvalue weighted by Gasteiger charge is 2.30. The van der Waals surface area contributed by atoms with E-state index in [0.717, 1.165) is 23.1 Å². The van der Waals surface area contributed by atoms with Crippen LogP contribution in [0.2, 0.25) is 5.02 Å². The molecular formula is C21H20ClFN2O5S. The summed E-state index contributed by atoms with van der Waals surface area (Å²) in [6.45, 7) is 0.812. The lowest BCUT2D eigenvalue weighted by Gasteiger charge is -2.34. The van der Waals surface area contributed by atoms with Crippen LogP contribution in [0, 0.1) is 5.82 Å². The Morgan fingerprint density at radius 2 is 1.90 bits per heavy atom. The highest BCUT2D eigenvalue weighted by atomic mass is 35.5. The summed E-state index contributed by atoms with van der Waals surface area (Å²) in [5, 5.41) is 0.586. The zero-order chi connectivity index (χ0) is 22.2. The third-order valence-electron chi connectivity index (χ3n) is 5.32. The molecule has 1 aliphatic rings. The van der Waals surface area contributed by atoms with E-state index >= 15 is 0 Å². The minimum absolute atomic E-state index is 0.0704. The van der Waals surface area contributed by atoms with Gasteiger partial charge >= 0.3 is 0 Å². The van der Waals surface area contributed by atoms with Gasteiger partial charge in [-0.3, -0.25) is 4.79 Å². The van der Waals surface area contributed by atoms with Crippen LogP contribution in [0.4, 0.5) is 4.39 Å². The molecule has 0 unspecified atom stereocenters. The number of nitrogens with zero attached hydrogens (tertiary/aromatic N) is 2. The maximum atomic E-state index is 13.4. The molecule has 3 aromatic rings. The van der Waals surface area contributed by atoms with Crippen molar-refractivity contribution in [1.29, 1.82) is 0 Å². The van der Waals surface area contributed by atoms with E-state index in [1.165, 1.54) is 10.4 Å². The van der Waals surface area contributed by atoms with E-state index in [1.54, 1.807) is 30.4 Å². The highest BCUT2D eigenvalue weighted by molar-refractivity contribution is 7.89. The molecule has 0 N–H and O–H groups in total. The first-order chi connectivity index (χ1) is 14.8. The van der Waals surface area contributed by atoms with Crippen LogP contribution in [0.3, 0.4) is 0 Å². The summed E-state index contributed by atoms with van der Waals surface area (Å²) >= 11 is 5.72. The van der Waals surface area contributed by atoms with Crippen LogP contribution in [0.15, 0.2) is 52.0 Å². The van der Waals surface area contributed by atoms with Crippen molar-refractivity contribution in [2.24, 2.45) is 0 Å². The Balaban J connectivity index is 1.41. The Kier molecular flexibility index (Phi) is 5.92. The molecule has 0 spiro atoms. The van der Waals surface area contributed by atoms with Crippen molar-refractivity contribution in [3.63, 3.8) is 0 Å². The van der Waals surface area contributed by atoms with Gasteiger partial charge in [-0.05, 0) is 30.3 Å². The van der Waals surface area contributed by atoms with Crippen LogP contribution in [0.25, 0.3) is 11.0 Å². The molecule has 0 radical (unpaired) electrons. The number of methoxy groups -OCH3 is 1. The number of fused-ring (bicyclic) bond motifs is 1. The molecule has 1 aliphatic heterocycles. The minimum Gasteiger partial charge on any atom is -0.497 e. The first-order valence-corrected chi connectivity index (χ1v) is 11.4. The largest absolute Gasteiger partial charge is 0.497 e. The van der Waals surface area contributed by atoms with Gasteiger partial charge in [-0.15, -0.1) is 0 Å². The molecule has 2 heterocycles. The van der Waals surface area contributed by atoms with Crippen LogP contribution in [-0.2, 0) is 21.2 Å². The normalized spacial score (nSPS) is 15.4. The van der Waals surface area contributed by atoms with Gasteiger partial charge in [0.1, 0.15) is 17.1 Å². The van der Waals surface area contributed by atoms with Gasteiger partial charge in [0.25, 0.3) is 0 Å². The molecule has 2 aromatic carbocycles. The van der Waals surface area contributed by atoms with Crippen LogP contribution < -0.4 is 4.74 Å². The number of benzene rings is 2. The second-order valence-corrected chi connectivity index (χ2v) is 9.51. The molecule has 7 nitrogen and oxygen atoms in total. The van der Waals surface area contributed by atoms with Gasteiger partial charge in [-0.2, -0.15) is 4.31 Å². The number of hydrogen-bond donors (Lipinski definition) is 0. The molecule has 10 heteroatoms. The van der Waals surface area contributed by atoms with Crippen molar-refractivity contribution in [2.45, 2.75) is 11.3 Å². The number of amides is 1. The molecule has 164 valence electrons. The van der Waals surface area contributed by atoms with Crippen molar-refractivity contribution < 1.29 is 26.8 Å². The number of hydrogen-bond acceptors (Lipinski definition) is 5. The highest BCUT2D eigenvalue weighted by Crippen LogP contribution is 2.27. The van der Waals surface area contributed by atoms with Crippen LogP contribution in [-0.4, -0.2) is 56.8 Å². The predicted molar refractivity (Wildman–Crippen MR) is 113 cm³/mol. The predicted octanol–water partition coefficient (Wildman–Crippen LogP) is 3.31. The van der Waals surface area contributed by atoms with Crippen LogP contribution in [0.5, 0.6) is 5.75 Å². The van der Waals surface area contributed by atoms with Gasteiger partial charge in [-0.1, -0.05) is 11.6 Å². The topological polar surface area (TPSA) is 80.1 Å². The summed E-state index contributed by atoms with van der Waals surface area (Å²) in [4.78, 5) is 14.3. The van der Waals surface area contributed by atoms with Crippen LogP contribution >= 0.6 is 11.6 Å². The molecule has 4 rings (SSSR count). The van der Waals surface area contributed by atoms with E-state index in [0.29, 0.717) is 11.3 Å².